The molecule has 2 nitrogen and oxygen atoms in total. The molecule has 1 fully saturated rings. The van der Waals surface area contributed by atoms with E-state index in [4.69, 9.17) is 16.3 Å². The Morgan fingerprint density at radius 1 is 1.39 bits per heavy atom. The lowest BCUT2D eigenvalue weighted by Crippen LogP contribution is -2.32. The summed E-state index contributed by atoms with van der Waals surface area (Å²) in [5, 5.41) is 9.81. The van der Waals surface area contributed by atoms with Crippen LogP contribution in [0.2, 0.25) is 5.02 Å². The Morgan fingerprint density at radius 3 is 2.89 bits per heavy atom. The van der Waals surface area contributed by atoms with E-state index in [0.29, 0.717) is 16.7 Å². The average molecular weight is 264 g/mol. The van der Waals surface area contributed by atoms with Crippen LogP contribution >= 0.6 is 11.6 Å². The number of aryl methyl sites for hydroxylation is 1. The molecule has 0 heterocycles. The fourth-order valence-electron chi connectivity index (χ4n) is 2.47. The van der Waals surface area contributed by atoms with Crippen LogP contribution in [0.1, 0.15) is 31.7 Å². The monoisotopic (exact) mass is 263 g/mol. The summed E-state index contributed by atoms with van der Waals surface area (Å²) in [4.78, 5) is 0. The predicted octanol–water partition coefficient (Wildman–Crippen LogP) is 4.36. The van der Waals surface area contributed by atoms with Gasteiger partial charge < -0.3 is 4.74 Å². The molecule has 18 heavy (non-hydrogen) atoms. The molecule has 0 bridgehead atoms. The van der Waals surface area contributed by atoms with Crippen molar-refractivity contribution in [2.75, 3.05) is 0 Å². The van der Waals surface area contributed by atoms with Crippen molar-refractivity contribution in [1.82, 2.24) is 0 Å². The molecule has 0 radical (unpaired) electrons. The molecule has 1 aliphatic rings. The van der Waals surface area contributed by atoms with Gasteiger partial charge in [-0.1, -0.05) is 24.6 Å². The van der Waals surface area contributed by atoms with E-state index in [-0.39, 0.29) is 12.0 Å². The van der Waals surface area contributed by atoms with Crippen LogP contribution in [-0.2, 0) is 0 Å². The maximum Gasteiger partial charge on any atom is 0.138 e. The molecule has 96 valence electrons. The molecule has 2 rings (SSSR count). The van der Waals surface area contributed by atoms with Gasteiger partial charge >= 0.3 is 0 Å². The van der Waals surface area contributed by atoms with Gasteiger partial charge in [0.1, 0.15) is 11.9 Å². The first-order valence-corrected chi connectivity index (χ1v) is 6.80. The summed E-state index contributed by atoms with van der Waals surface area (Å²) >= 11 is 6.13. The number of hydrogen-bond acceptors (Lipinski definition) is 2. The highest BCUT2D eigenvalue weighted by Gasteiger charge is 2.30. The summed E-state index contributed by atoms with van der Waals surface area (Å²) in [6, 6.07) is 8.11. The van der Waals surface area contributed by atoms with Crippen molar-refractivity contribution in [2.45, 2.75) is 39.2 Å². The number of nitrogens with zero attached hydrogens (tertiary/aromatic N) is 1. The number of hydrogen-bond donors (Lipinski definition) is 0. The van der Waals surface area contributed by atoms with Gasteiger partial charge in [0.25, 0.3) is 0 Å². The molecular formula is C15H18ClNO. The standard InChI is InChI=1S/C15H18ClNO/c1-10-3-5-12(9-17)14(7-10)18-15-8-11(2)4-6-13(15)16/h4,6,8,10,12,14H,3,5,7H2,1-2H3. The molecule has 0 amide bonds. The third kappa shape index (κ3) is 2.97. The number of ether oxygens (including phenoxy) is 1. The van der Waals surface area contributed by atoms with Crippen LogP contribution in [-0.4, -0.2) is 6.10 Å². The number of halogens is 1. The lowest BCUT2D eigenvalue weighted by Gasteiger charge is -2.31. The van der Waals surface area contributed by atoms with Crippen LogP contribution in [0.5, 0.6) is 5.75 Å². The fraction of sp³-hybridized carbons (Fsp3) is 0.533. The molecule has 0 saturated heterocycles. The molecule has 1 saturated carbocycles. The van der Waals surface area contributed by atoms with Crippen molar-refractivity contribution in [3.05, 3.63) is 28.8 Å². The predicted molar refractivity (Wildman–Crippen MR) is 72.7 cm³/mol. The van der Waals surface area contributed by atoms with Crippen molar-refractivity contribution in [2.24, 2.45) is 11.8 Å². The number of nitriles is 1. The molecule has 1 aliphatic carbocycles. The van der Waals surface area contributed by atoms with E-state index in [1.54, 1.807) is 0 Å². The summed E-state index contributed by atoms with van der Waals surface area (Å²) in [6.07, 6.45) is 2.94. The molecule has 0 aromatic heterocycles. The van der Waals surface area contributed by atoms with E-state index in [1.165, 1.54) is 0 Å². The van der Waals surface area contributed by atoms with Gasteiger partial charge in [0, 0.05) is 0 Å². The quantitative estimate of drug-likeness (QED) is 0.794. The van der Waals surface area contributed by atoms with Gasteiger partial charge in [-0.3, -0.25) is 0 Å². The van der Waals surface area contributed by atoms with Gasteiger partial charge in [0.05, 0.1) is 17.0 Å². The van der Waals surface area contributed by atoms with Crippen LogP contribution in [0.25, 0.3) is 0 Å². The van der Waals surface area contributed by atoms with Crippen LogP contribution in [0.15, 0.2) is 18.2 Å². The minimum absolute atomic E-state index is 0.0159. The van der Waals surface area contributed by atoms with Gasteiger partial charge in [-0.25, -0.2) is 0 Å². The van der Waals surface area contributed by atoms with E-state index < -0.39 is 0 Å². The fourth-order valence-corrected chi connectivity index (χ4v) is 2.63. The Kier molecular flexibility index (Phi) is 4.14. The van der Waals surface area contributed by atoms with E-state index in [1.807, 2.05) is 25.1 Å². The maximum atomic E-state index is 9.19. The molecule has 1 aromatic rings. The Morgan fingerprint density at radius 2 is 2.17 bits per heavy atom. The maximum absolute atomic E-state index is 9.19. The first-order valence-electron chi connectivity index (χ1n) is 6.42. The van der Waals surface area contributed by atoms with Gasteiger partial charge in [0.15, 0.2) is 0 Å². The smallest absolute Gasteiger partial charge is 0.138 e. The number of benzene rings is 1. The molecule has 3 heteroatoms. The second-order valence-corrected chi connectivity index (χ2v) is 5.65. The molecule has 3 unspecified atom stereocenters. The first-order chi connectivity index (χ1) is 8.60. The normalized spacial score (nSPS) is 27.6. The summed E-state index contributed by atoms with van der Waals surface area (Å²) in [5.74, 6) is 1.30. The van der Waals surface area contributed by atoms with Gasteiger partial charge in [0.2, 0.25) is 0 Å². The van der Waals surface area contributed by atoms with Crippen molar-refractivity contribution < 1.29 is 4.74 Å². The molecule has 0 N–H and O–H groups in total. The van der Waals surface area contributed by atoms with Crippen LogP contribution < -0.4 is 4.74 Å². The van der Waals surface area contributed by atoms with Gasteiger partial charge in [-0.05, 0) is 49.8 Å². The summed E-state index contributed by atoms with van der Waals surface area (Å²) in [7, 11) is 0. The highest BCUT2D eigenvalue weighted by molar-refractivity contribution is 6.32. The van der Waals surface area contributed by atoms with Crippen molar-refractivity contribution >= 4 is 11.6 Å². The van der Waals surface area contributed by atoms with Crippen molar-refractivity contribution in [3.8, 4) is 11.8 Å². The zero-order valence-corrected chi connectivity index (χ0v) is 11.6. The van der Waals surface area contributed by atoms with E-state index in [9.17, 15) is 5.26 Å². The number of rotatable bonds is 2. The Hall–Kier alpha value is -1.20. The second-order valence-electron chi connectivity index (χ2n) is 5.24. The third-order valence-corrected chi connectivity index (χ3v) is 3.90. The topological polar surface area (TPSA) is 33.0 Å². The van der Waals surface area contributed by atoms with E-state index in [0.717, 1.165) is 24.8 Å². The van der Waals surface area contributed by atoms with Gasteiger partial charge in [-0.2, -0.15) is 5.26 Å². The SMILES string of the molecule is Cc1ccc(Cl)c(OC2CC(C)CCC2C#N)c1. The average Bonchev–Trinajstić information content (AvgIpc) is 2.34. The minimum atomic E-state index is -0.0296. The lowest BCUT2D eigenvalue weighted by atomic mass is 9.81. The molecule has 3 atom stereocenters. The third-order valence-electron chi connectivity index (χ3n) is 3.58. The summed E-state index contributed by atoms with van der Waals surface area (Å²) in [6.45, 7) is 4.22. The van der Waals surface area contributed by atoms with Gasteiger partial charge in [-0.15, -0.1) is 0 Å². The Labute approximate surface area is 114 Å². The molecule has 0 aliphatic heterocycles. The molecular weight excluding hydrogens is 246 g/mol. The molecule has 0 spiro atoms. The Bertz CT molecular complexity index is 466. The van der Waals surface area contributed by atoms with Crippen LogP contribution in [0.3, 0.4) is 0 Å². The van der Waals surface area contributed by atoms with E-state index >= 15 is 0 Å². The first kappa shape index (κ1) is 13.2. The zero-order chi connectivity index (χ0) is 13.1. The van der Waals surface area contributed by atoms with Crippen molar-refractivity contribution in [1.29, 1.82) is 5.26 Å². The second kappa shape index (κ2) is 5.63. The lowest BCUT2D eigenvalue weighted by molar-refractivity contribution is 0.0956. The highest BCUT2D eigenvalue weighted by Crippen LogP contribution is 2.34. The van der Waals surface area contributed by atoms with Crippen LogP contribution in [0.4, 0.5) is 0 Å². The Balaban J connectivity index is 2.16. The zero-order valence-electron chi connectivity index (χ0n) is 10.8. The van der Waals surface area contributed by atoms with Crippen LogP contribution in [0, 0.1) is 30.1 Å². The minimum Gasteiger partial charge on any atom is -0.487 e. The largest absolute Gasteiger partial charge is 0.487 e. The summed E-state index contributed by atoms with van der Waals surface area (Å²) in [5.41, 5.74) is 1.12. The highest BCUT2D eigenvalue weighted by atomic mass is 35.5. The molecule has 1 aromatic carbocycles. The summed E-state index contributed by atoms with van der Waals surface area (Å²) < 4.78 is 5.99. The van der Waals surface area contributed by atoms with Crippen molar-refractivity contribution in [3.63, 3.8) is 0 Å². The van der Waals surface area contributed by atoms with E-state index in [2.05, 4.69) is 13.0 Å².